The van der Waals surface area contributed by atoms with Crippen LogP contribution in [0.3, 0.4) is 0 Å². The molecule has 0 saturated carbocycles. The molecule has 0 aliphatic rings. The molecule has 170 valence electrons. The number of thiocarbonyl (C=S) groups is 1. The van der Waals surface area contributed by atoms with E-state index in [2.05, 4.69) is 20.8 Å². The first kappa shape index (κ1) is 24.2. The lowest BCUT2D eigenvalue weighted by Crippen LogP contribution is -2.32. The van der Waals surface area contributed by atoms with Crippen LogP contribution in [0.4, 0.5) is 5.69 Å². The van der Waals surface area contributed by atoms with Gasteiger partial charge in [0.05, 0.1) is 11.1 Å². The van der Waals surface area contributed by atoms with Gasteiger partial charge in [0.2, 0.25) is 10.0 Å². The molecule has 3 aromatic rings. The summed E-state index contributed by atoms with van der Waals surface area (Å²) < 4.78 is 27.8. The van der Waals surface area contributed by atoms with Gasteiger partial charge in [-0.15, -0.1) is 0 Å². The molecule has 0 atom stereocenters. The number of rotatable bonds is 9. The molecule has 0 aliphatic carbocycles. The van der Waals surface area contributed by atoms with Gasteiger partial charge in [-0.25, -0.2) is 8.42 Å². The number of nitrogens with one attached hydrogen (secondary N) is 3. The lowest BCUT2D eigenvalue weighted by Gasteiger charge is -2.21. The summed E-state index contributed by atoms with van der Waals surface area (Å²) in [6.07, 6.45) is 4.89. The van der Waals surface area contributed by atoms with Gasteiger partial charge in [-0.1, -0.05) is 31.5 Å². The summed E-state index contributed by atoms with van der Waals surface area (Å²) in [5.74, 6) is 0. The Morgan fingerprint density at radius 3 is 2.62 bits per heavy atom. The molecule has 32 heavy (non-hydrogen) atoms. The van der Waals surface area contributed by atoms with E-state index >= 15 is 0 Å². The van der Waals surface area contributed by atoms with Gasteiger partial charge in [-0.2, -0.15) is 9.41 Å². The highest BCUT2D eigenvalue weighted by Gasteiger charge is 2.23. The van der Waals surface area contributed by atoms with Crippen LogP contribution in [0.2, 0.25) is 5.02 Å². The largest absolute Gasteiger partial charge is 0.361 e. The Kier molecular flexibility index (Phi) is 8.25. The monoisotopic (exact) mass is 491 g/mol. The number of hydrogen-bond acceptors (Lipinski definition) is 4. The second-order valence-corrected chi connectivity index (χ2v) is 9.97. The van der Waals surface area contributed by atoms with Crippen LogP contribution < -0.4 is 10.7 Å². The Balaban J connectivity index is 1.77. The summed E-state index contributed by atoms with van der Waals surface area (Å²) in [5, 5.41) is 8.84. The van der Waals surface area contributed by atoms with E-state index in [1.807, 2.05) is 26.0 Å². The SMILES string of the molecule is CCCN(CCC)S(=O)(=O)c1ccc2[nH]cc(/C=N\NC(=S)Nc3cccc(Cl)c3)c2c1. The van der Waals surface area contributed by atoms with Gasteiger partial charge >= 0.3 is 0 Å². The molecule has 0 radical (unpaired) electrons. The zero-order valence-corrected chi connectivity index (χ0v) is 20.3. The summed E-state index contributed by atoms with van der Waals surface area (Å²) in [6, 6.07) is 12.3. The smallest absolute Gasteiger partial charge is 0.243 e. The standard InChI is InChI=1S/C22H26ClN5O2S2/c1-3-10-28(11-4-2)32(29,30)19-8-9-21-20(13-19)16(14-24-21)15-25-27-22(31)26-18-7-5-6-17(23)12-18/h5-9,12-15,24H,3-4,10-11H2,1-2H3,(H2,26,27,31)/b25-15-. The van der Waals surface area contributed by atoms with E-state index in [0.717, 1.165) is 35.0 Å². The first-order valence-electron chi connectivity index (χ1n) is 10.3. The van der Waals surface area contributed by atoms with Crippen molar-refractivity contribution in [3.63, 3.8) is 0 Å². The molecule has 0 saturated heterocycles. The topological polar surface area (TPSA) is 89.6 Å². The molecule has 1 heterocycles. The van der Waals surface area contributed by atoms with Crippen molar-refractivity contribution in [1.29, 1.82) is 0 Å². The van der Waals surface area contributed by atoms with E-state index < -0.39 is 10.0 Å². The predicted molar refractivity (Wildman–Crippen MR) is 136 cm³/mol. The van der Waals surface area contributed by atoms with Crippen LogP contribution in [-0.4, -0.2) is 42.1 Å². The van der Waals surface area contributed by atoms with Crippen molar-refractivity contribution < 1.29 is 8.42 Å². The third kappa shape index (κ3) is 5.86. The number of sulfonamides is 1. The molecule has 3 rings (SSSR count). The summed E-state index contributed by atoms with van der Waals surface area (Å²) in [4.78, 5) is 3.41. The maximum absolute atomic E-state index is 13.1. The van der Waals surface area contributed by atoms with E-state index in [1.165, 1.54) is 4.31 Å². The Labute approximate surface area is 198 Å². The number of anilines is 1. The molecular formula is C22H26ClN5O2S2. The van der Waals surface area contributed by atoms with Gasteiger partial charge < -0.3 is 10.3 Å². The van der Waals surface area contributed by atoms with Gasteiger partial charge in [-0.3, -0.25) is 5.43 Å². The lowest BCUT2D eigenvalue weighted by atomic mass is 10.2. The summed E-state index contributed by atoms with van der Waals surface area (Å²) in [7, 11) is -3.57. The van der Waals surface area contributed by atoms with E-state index in [-0.39, 0.29) is 4.90 Å². The molecule has 10 heteroatoms. The van der Waals surface area contributed by atoms with Crippen molar-refractivity contribution in [2.75, 3.05) is 18.4 Å². The zero-order chi connectivity index (χ0) is 23.1. The fourth-order valence-electron chi connectivity index (χ4n) is 3.27. The van der Waals surface area contributed by atoms with Gasteiger partial charge in [0.1, 0.15) is 0 Å². The predicted octanol–water partition coefficient (Wildman–Crippen LogP) is 4.95. The number of hydrogen-bond donors (Lipinski definition) is 3. The molecule has 7 nitrogen and oxygen atoms in total. The number of nitrogens with zero attached hydrogens (tertiary/aromatic N) is 2. The van der Waals surface area contributed by atoms with Crippen LogP contribution in [0.15, 0.2) is 58.7 Å². The van der Waals surface area contributed by atoms with Crippen LogP contribution in [-0.2, 0) is 10.0 Å². The first-order chi connectivity index (χ1) is 15.3. The average molecular weight is 492 g/mol. The molecule has 0 unspecified atom stereocenters. The third-order valence-electron chi connectivity index (χ3n) is 4.72. The summed E-state index contributed by atoms with van der Waals surface area (Å²) in [5.41, 5.74) is 5.07. The van der Waals surface area contributed by atoms with Crippen LogP contribution in [0.1, 0.15) is 32.3 Å². The lowest BCUT2D eigenvalue weighted by molar-refractivity contribution is 0.410. The van der Waals surface area contributed by atoms with Crippen molar-refractivity contribution in [2.24, 2.45) is 5.10 Å². The molecule has 0 fully saturated rings. The molecule has 0 spiro atoms. The molecule has 0 amide bonds. The van der Waals surface area contributed by atoms with Crippen molar-refractivity contribution in [3.8, 4) is 0 Å². The number of benzene rings is 2. The molecule has 2 aromatic carbocycles. The Hall–Kier alpha value is -2.46. The van der Waals surface area contributed by atoms with Crippen molar-refractivity contribution in [3.05, 3.63) is 59.2 Å². The Morgan fingerprint density at radius 1 is 1.19 bits per heavy atom. The van der Waals surface area contributed by atoms with Crippen molar-refractivity contribution in [1.82, 2.24) is 14.7 Å². The minimum absolute atomic E-state index is 0.271. The molecule has 1 aromatic heterocycles. The third-order valence-corrected chi connectivity index (χ3v) is 7.04. The number of H-pyrrole nitrogens is 1. The highest BCUT2D eigenvalue weighted by Crippen LogP contribution is 2.24. The quantitative estimate of drug-likeness (QED) is 0.224. The molecule has 0 aliphatic heterocycles. The van der Waals surface area contributed by atoms with Crippen LogP contribution in [0.5, 0.6) is 0 Å². The van der Waals surface area contributed by atoms with Gasteiger partial charge in [0.25, 0.3) is 0 Å². The number of aromatic amines is 1. The van der Waals surface area contributed by atoms with E-state index in [0.29, 0.717) is 23.2 Å². The van der Waals surface area contributed by atoms with Crippen LogP contribution in [0, 0.1) is 0 Å². The maximum Gasteiger partial charge on any atom is 0.243 e. The fraction of sp³-hybridized carbons (Fsp3) is 0.273. The molecule has 3 N–H and O–H groups in total. The highest BCUT2D eigenvalue weighted by atomic mass is 35.5. The van der Waals surface area contributed by atoms with Crippen molar-refractivity contribution >= 4 is 61.8 Å². The van der Waals surface area contributed by atoms with Gasteiger partial charge in [0, 0.05) is 46.5 Å². The maximum atomic E-state index is 13.1. The van der Waals surface area contributed by atoms with Crippen LogP contribution in [0.25, 0.3) is 10.9 Å². The summed E-state index contributed by atoms with van der Waals surface area (Å²) in [6.45, 7) is 4.94. The minimum atomic E-state index is -3.57. The van der Waals surface area contributed by atoms with Gasteiger partial charge in [0.15, 0.2) is 5.11 Å². The van der Waals surface area contributed by atoms with E-state index in [1.54, 1.807) is 42.7 Å². The minimum Gasteiger partial charge on any atom is -0.361 e. The van der Waals surface area contributed by atoms with Crippen molar-refractivity contribution in [2.45, 2.75) is 31.6 Å². The number of aromatic nitrogens is 1. The molecule has 0 bridgehead atoms. The number of fused-ring (bicyclic) bond motifs is 1. The van der Waals surface area contributed by atoms with E-state index in [4.69, 9.17) is 23.8 Å². The Bertz CT molecular complexity index is 1220. The van der Waals surface area contributed by atoms with Crippen LogP contribution >= 0.6 is 23.8 Å². The highest BCUT2D eigenvalue weighted by molar-refractivity contribution is 7.89. The first-order valence-corrected chi connectivity index (χ1v) is 12.5. The van der Waals surface area contributed by atoms with Gasteiger partial charge in [-0.05, 0) is 61.5 Å². The zero-order valence-electron chi connectivity index (χ0n) is 17.9. The summed E-state index contributed by atoms with van der Waals surface area (Å²) >= 11 is 11.2. The Morgan fingerprint density at radius 2 is 1.94 bits per heavy atom. The fourth-order valence-corrected chi connectivity index (χ4v) is 5.29. The average Bonchev–Trinajstić information content (AvgIpc) is 3.16. The molecular weight excluding hydrogens is 466 g/mol. The normalized spacial score (nSPS) is 12.0. The second kappa shape index (κ2) is 10.9. The number of hydrazone groups is 1. The second-order valence-electron chi connectivity index (χ2n) is 7.19. The number of halogens is 1. The van der Waals surface area contributed by atoms with E-state index in [9.17, 15) is 8.42 Å².